The maximum Gasteiger partial charge on any atom is 0.166 e. The quantitative estimate of drug-likeness (QED) is 0.596. The zero-order chi connectivity index (χ0) is 13.5. The van der Waals surface area contributed by atoms with Crippen LogP contribution >= 0.6 is 0 Å². The lowest BCUT2D eigenvalue weighted by Gasteiger charge is -2.12. The minimum atomic E-state index is 0.0837. The van der Waals surface area contributed by atoms with E-state index in [0.717, 1.165) is 18.5 Å². The van der Waals surface area contributed by atoms with Crippen molar-refractivity contribution in [1.29, 1.82) is 0 Å². The molecule has 0 fully saturated rings. The Bertz CT molecular complexity index is 416. The van der Waals surface area contributed by atoms with Gasteiger partial charge in [-0.05, 0) is 44.6 Å². The molecule has 0 aliphatic carbocycles. The van der Waals surface area contributed by atoms with Crippen LogP contribution in [0.5, 0.6) is 11.5 Å². The van der Waals surface area contributed by atoms with Crippen LogP contribution in [0.25, 0.3) is 0 Å². The lowest BCUT2D eigenvalue weighted by atomic mass is 10.0. The molecular weight excluding hydrogens is 230 g/mol. The summed E-state index contributed by atoms with van der Waals surface area (Å²) in [5, 5.41) is 3.03. The molecule has 1 N–H and O–H groups in total. The van der Waals surface area contributed by atoms with E-state index < -0.39 is 0 Å². The lowest BCUT2D eigenvalue weighted by molar-refractivity contribution is 0.0977. The Morgan fingerprint density at radius 1 is 1.22 bits per heavy atom. The molecule has 0 saturated heterocycles. The van der Waals surface area contributed by atoms with E-state index >= 15 is 0 Å². The minimum Gasteiger partial charge on any atom is -0.496 e. The largest absolute Gasteiger partial charge is 0.496 e. The molecule has 0 atom stereocenters. The summed E-state index contributed by atoms with van der Waals surface area (Å²) < 4.78 is 10.5. The highest BCUT2D eigenvalue weighted by Gasteiger charge is 2.15. The molecule has 0 radical (unpaired) electrons. The molecule has 0 heterocycles. The first-order chi connectivity index (χ1) is 8.63. The van der Waals surface area contributed by atoms with Crippen molar-refractivity contribution < 1.29 is 14.3 Å². The molecule has 1 aromatic carbocycles. The third-order valence-electron chi connectivity index (χ3n) is 2.85. The van der Waals surface area contributed by atoms with Crippen LogP contribution in [0.3, 0.4) is 0 Å². The van der Waals surface area contributed by atoms with Gasteiger partial charge < -0.3 is 14.8 Å². The van der Waals surface area contributed by atoms with Crippen LogP contribution in [0, 0.1) is 6.92 Å². The van der Waals surface area contributed by atoms with E-state index in [0.29, 0.717) is 23.5 Å². The second-order valence-corrected chi connectivity index (χ2v) is 4.15. The van der Waals surface area contributed by atoms with Gasteiger partial charge in [0.1, 0.15) is 11.5 Å². The molecule has 1 aromatic rings. The maximum atomic E-state index is 12.1. The number of ether oxygens (including phenoxy) is 2. The number of hydrogen-bond acceptors (Lipinski definition) is 4. The van der Waals surface area contributed by atoms with E-state index in [-0.39, 0.29) is 5.78 Å². The molecule has 0 amide bonds. The van der Waals surface area contributed by atoms with E-state index in [1.165, 1.54) is 0 Å². The van der Waals surface area contributed by atoms with Gasteiger partial charge in [0.05, 0.1) is 19.8 Å². The molecule has 0 bridgehead atoms. The Balaban J connectivity index is 2.94. The van der Waals surface area contributed by atoms with Gasteiger partial charge in [-0.15, -0.1) is 0 Å². The van der Waals surface area contributed by atoms with Gasteiger partial charge in [-0.2, -0.15) is 0 Å². The zero-order valence-corrected chi connectivity index (χ0v) is 11.5. The van der Waals surface area contributed by atoms with Gasteiger partial charge in [0.2, 0.25) is 0 Å². The molecule has 100 valence electrons. The van der Waals surface area contributed by atoms with Crippen LogP contribution < -0.4 is 14.8 Å². The Morgan fingerprint density at radius 3 is 2.44 bits per heavy atom. The molecule has 1 rings (SSSR count). The number of carbonyl (C=O) groups is 1. The number of aryl methyl sites for hydroxylation is 1. The number of ketones is 1. The Kier molecular flexibility index (Phi) is 5.65. The second-order valence-electron chi connectivity index (χ2n) is 4.15. The van der Waals surface area contributed by atoms with Crippen LogP contribution in [-0.2, 0) is 0 Å². The zero-order valence-electron chi connectivity index (χ0n) is 11.5. The number of nitrogens with one attached hydrogen (secondary N) is 1. The SMILES string of the molecule is CNCCCC(=O)c1cc(OC)c(C)cc1OC. The summed E-state index contributed by atoms with van der Waals surface area (Å²) in [4.78, 5) is 12.1. The Labute approximate surface area is 108 Å². The highest BCUT2D eigenvalue weighted by molar-refractivity contribution is 5.99. The normalized spacial score (nSPS) is 10.2. The molecule has 0 spiro atoms. The fraction of sp³-hybridized carbons (Fsp3) is 0.500. The van der Waals surface area contributed by atoms with Crippen molar-refractivity contribution >= 4 is 5.78 Å². The van der Waals surface area contributed by atoms with Crippen molar-refractivity contribution in [2.45, 2.75) is 19.8 Å². The maximum absolute atomic E-state index is 12.1. The molecule has 0 aromatic heterocycles. The topological polar surface area (TPSA) is 47.6 Å². The Hall–Kier alpha value is -1.55. The summed E-state index contributed by atoms with van der Waals surface area (Å²) in [6, 6.07) is 3.60. The van der Waals surface area contributed by atoms with E-state index in [9.17, 15) is 4.79 Å². The number of methoxy groups -OCH3 is 2. The first-order valence-electron chi connectivity index (χ1n) is 6.04. The number of hydrogen-bond donors (Lipinski definition) is 1. The van der Waals surface area contributed by atoms with Crippen molar-refractivity contribution in [3.63, 3.8) is 0 Å². The molecular formula is C14H21NO3. The van der Waals surface area contributed by atoms with Crippen molar-refractivity contribution in [3.05, 3.63) is 23.3 Å². The lowest BCUT2D eigenvalue weighted by Crippen LogP contribution is -2.11. The van der Waals surface area contributed by atoms with Gasteiger partial charge in [0.15, 0.2) is 5.78 Å². The number of Topliss-reactive ketones (excluding diaryl/α,β-unsaturated/α-hetero) is 1. The van der Waals surface area contributed by atoms with Gasteiger partial charge in [0, 0.05) is 6.42 Å². The predicted molar refractivity (Wildman–Crippen MR) is 71.8 cm³/mol. The van der Waals surface area contributed by atoms with Gasteiger partial charge in [-0.1, -0.05) is 0 Å². The van der Waals surface area contributed by atoms with Crippen LogP contribution in [0.2, 0.25) is 0 Å². The van der Waals surface area contributed by atoms with Crippen molar-refractivity contribution in [1.82, 2.24) is 5.32 Å². The van der Waals surface area contributed by atoms with E-state index in [1.54, 1.807) is 20.3 Å². The fourth-order valence-electron chi connectivity index (χ4n) is 1.83. The molecule has 0 unspecified atom stereocenters. The first kappa shape index (κ1) is 14.5. The average molecular weight is 251 g/mol. The molecule has 0 aliphatic rings. The monoisotopic (exact) mass is 251 g/mol. The second kappa shape index (κ2) is 7.01. The summed E-state index contributed by atoms with van der Waals surface area (Å²) in [6.45, 7) is 2.76. The number of benzene rings is 1. The molecule has 0 saturated carbocycles. The van der Waals surface area contributed by atoms with Crippen molar-refractivity contribution in [2.24, 2.45) is 0 Å². The number of carbonyl (C=O) groups excluding carboxylic acids is 1. The van der Waals surface area contributed by atoms with Gasteiger partial charge in [-0.25, -0.2) is 0 Å². The van der Waals surface area contributed by atoms with E-state index in [1.807, 2.05) is 20.0 Å². The van der Waals surface area contributed by atoms with Crippen LogP contribution in [0.4, 0.5) is 0 Å². The molecule has 0 aliphatic heterocycles. The minimum absolute atomic E-state index is 0.0837. The molecule has 4 heteroatoms. The molecule has 18 heavy (non-hydrogen) atoms. The first-order valence-corrected chi connectivity index (χ1v) is 6.04. The van der Waals surface area contributed by atoms with Crippen LogP contribution in [-0.4, -0.2) is 33.6 Å². The predicted octanol–water partition coefficient (Wildman–Crippen LogP) is 2.19. The summed E-state index contributed by atoms with van der Waals surface area (Å²) in [7, 11) is 5.05. The van der Waals surface area contributed by atoms with Crippen LogP contribution in [0.1, 0.15) is 28.8 Å². The van der Waals surface area contributed by atoms with Crippen molar-refractivity contribution in [2.75, 3.05) is 27.8 Å². The number of rotatable bonds is 7. The Morgan fingerprint density at radius 2 is 1.89 bits per heavy atom. The average Bonchev–Trinajstić information content (AvgIpc) is 2.38. The standard InChI is InChI=1S/C14H21NO3/c1-10-8-14(18-4)11(9-13(10)17-3)12(16)6-5-7-15-2/h8-9,15H,5-7H2,1-4H3. The summed E-state index contributed by atoms with van der Waals surface area (Å²) in [6.07, 6.45) is 1.32. The summed E-state index contributed by atoms with van der Waals surface area (Å²) >= 11 is 0. The van der Waals surface area contributed by atoms with Gasteiger partial charge in [0.25, 0.3) is 0 Å². The molecule has 4 nitrogen and oxygen atoms in total. The van der Waals surface area contributed by atoms with E-state index in [4.69, 9.17) is 9.47 Å². The highest BCUT2D eigenvalue weighted by Crippen LogP contribution is 2.29. The van der Waals surface area contributed by atoms with Gasteiger partial charge >= 0.3 is 0 Å². The highest BCUT2D eigenvalue weighted by atomic mass is 16.5. The van der Waals surface area contributed by atoms with Crippen molar-refractivity contribution in [3.8, 4) is 11.5 Å². The van der Waals surface area contributed by atoms with Gasteiger partial charge in [-0.3, -0.25) is 4.79 Å². The third kappa shape index (κ3) is 3.47. The summed E-state index contributed by atoms with van der Waals surface area (Å²) in [5.41, 5.74) is 1.55. The fourth-order valence-corrected chi connectivity index (χ4v) is 1.83. The third-order valence-corrected chi connectivity index (χ3v) is 2.85. The van der Waals surface area contributed by atoms with E-state index in [2.05, 4.69) is 5.32 Å². The van der Waals surface area contributed by atoms with Crippen LogP contribution in [0.15, 0.2) is 12.1 Å². The summed E-state index contributed by atoms with van der Waals surface area (Å²) in [5.74, 6) is 1.41. The smallest absolute Gasteiger partial charge is 0.166 e.